The van der Waals surface area contributed by atoms with E-state index in [9.17, 15) is 23.2 Å². The molecule has 0 saturated heterocycles. The van der Waals surface area contributed by atoms with Crippen molar-refractivity contribution in [2.75, 3.05) is 11.4 Å². The Hall–Kier alpha value is -3.29. The average molecular weight is 442 g/mol. The molecule has 2 aliphatic rings. The lowest BCUT2D eigenvalue weighted by molar-refractivity contribution is -0.142. The van der Waals surface area contributed by atoms with Crippen LogP contribution in [0.15, 0.2) is 42.5 Å². The van der Waals surface area contributed by atoms with E-state index in [-0.39, 0.29) is 42.3 Å². The SMILES string of the molecule is CCN(C(=O)CCC(=O)O)C1c2ccccc2N(C(=O)c2cc(F)cc(F)c2)C2CCC12. The molecule has 1 fully saturated rings. The van der Waals surface area contributed by atoms with E-state index in [1.54, 1.807) is 21.9 Å². The zero-order valence-corrected chi connectivity index (χ0v) is 17.6. The molecule has 0 aromatic heterocycles. The molecule has 1 N–H and O–H groups in total. The van der Waals surface area contributed by atoms with Gasteiger partial charge in [0.25, 0.3) is 5.91 Å². The van der Waals surface area contributed by atoms with Gasteiger partial charge in [-0.3, -0.25) is 14.4 Å². The number of aliphatic carboxylic acids is 1. The van der Waals surface area contributed by atoms with Crippen molar-refractivity contribution in [2.24, 2.45) is 5.92 Å². The molecule has 1 saturated carbocycles. The van der Waals surface area contributed by atoms with Gasteiger partial charge in [-0.05, 0) is 43.5 Å². The summed E-state index contributed by atoms with van der Waals surface area (Å²) >= 11 is 0. The molecule has 0 radical (unpaired) electrons. The van der Waals surface area contributed by atoms with Crippen molar-refractivity contribution in [2.45, 2.75) is 44.7 Å². The number of rotatable bonds is 6. The van der Waals surface area contributed by atoms with E-state index in [0.29, 0.717) is 18.7 Å². The van der Waals surface area contributed by atoms with Gasteiger partial charge in [-0.2, -0.15) is 0 Å². The number of carbonyl (C=O) groups is 3. The smallest absolute Gasteiger partial charge is 0.303 e. The number of benzene rings is 2. The van der Waals surface area contributed by atoms with Crippen LogP contribution in [-0.4, -0.2) is 40.4 Å². The number of fused-ring (bicyclic) bond motifs is 2. The van der Waals surface area contributed by atoms with Crippen LogP contribution in [0.25, 0.3) is 0 Å². The monoisotopic (exact) mass is 442 g/mol. The standard InChI is InChI=1S/C24H24F2N2O4/c1-2-27(21(29)9-10-22(30)31)23-17-5-3-4-6-19(17)28(20-8-7-18(20)23)24(32)14-11-15(25)13-16(26)12-14/h3-6,11-13,18,20,23H,2,7-10H2,1H3,(H,30,31). The second-order valence-electron chi connectivity index (χ2n) is 8.22. The van der Waals surface area contributed by atoms with E-state index in [1.165, 1.54) is 0 Å². The maximum absolute atomic E-state index is 13.8. The topological polar surface area (TPSA) is 77.9 Å². The van der Waals surface area contributed by atoms with Crippen molar-refractivity contribution < 1.29 is 28.3 Å². The number of hydrogen-bond donors (Lipinski definition) is 1. The summed E-state index contributed by atoms with van der Waals surface area (Å²) in [7, 11) is 0. The number of carboxylic acid groups (broad SMARTS) is 1. The van der Waals surface area contributed by atoms with Crippen molar-refractivity contribution in [1.29, 1.82) is 0 Å². The molecule has 8 heteroatoms. The number of nitrogens with zero attached hydrogens (tertiary/aromatic N) is 2. The molecule has 6 nitrogen and oxygen atoms in total. The van der Waals surface area contributed by atoms with Crippen LogP contribution in [0, 0.1) is 17.6 Å². The van der Waals surface area contributed by atoms with Gasteiger partial charge in [0.05, 0.1) is 12.5 Å². The highest BCUT2D eigenvalue weighted by molar-refractivity contribution is 6.07. The lowest BCUT2D eigenvalue weighted by Crippen LogP contribution is -2.58. The fraction of sp³-hybridized carbons (Fsp3) is 0.375. The molecule has 1 aliphatic carbocycles. The maximum atomic E-state index is 13.8. The molecule has 1 heterocycles. The van der Waals surface area contributed by atoms with Crippen LogP contribution in [0.1, 0.15) is 54.6 Å². The molecule has 3 unspecified atom stereocenters. The first-order valence-corrected chi connectivity index (χ1v) is 10.7. The molecule has 2 aromatic rings. The first kappa shape index (κ1) is 21.9. The number of halogens is 2. The zero-order valence-electron chi connectivity index (χ0n) is 17.6. The lowest BCUT2D eigenvalue weighted by atomic mass is 9.67. The highest BCUT2D eigenvalue weighted by Crippen LogP contribution is 2.52. The summed E-state index contributed by atoms with van der Waals surface area (Å²) in [4.78, 5) is 40.5. The zero-order chi connectivity index (χ0) is 23.0. The normalized spacial score (nSPS) is 21.2. The Labute approximate surface area is 184 Å². The fourth-order valence-corrected chi connectivity index (χ4v) is 4.92. The second kappa shape index (κ2) is 8.68. The van der Waals surface area contributed by atoms with E-state index in [1.807, 2.05) is 19.1 Å². The minimum Gasteiger partial charge on any atom is -0.481 e. The average Bonchev–Trinajstić information content (AvgIpc) is 2.73. The van der Waals surface area contributed by atoms with Gasteiger partial charge < -0.3 is 14.9 Å². The number of carboxylic acids is 1. The van der Waals surface area contributed by atoms with Gasteiger partial charge in [0.2, 0.25) is 5.91 Å². The molecule has 168 valence electrons. The summed E-state index contributed by atoms with van der Waals surface area (Å²) in [5.41, 5.74) is 1.33. The largest absolute Gasteiger partial charge is 0.481 e. The van der Waals surface area contributed by atoms with Crippen LogP contribution < -0.4 is 4.90 Å². The fourth-order valence-electron chi connectivity index (χ4n) is 4.92. The summed E-state index contributed by atoms with van der Waals surface area (Å²) in [6.07, 6.45) is 1.16. The molecule has 0 spiro atoms. The lowest BCUT2D eigenvalue weighted by Gasteiger charge is -2.55. The highest BCUT2D eigenvalue weighted by atomic mass is 19.1. The molecule has 1 aliphatic heterocycles. The molecule has 0 bridgehead atoms. The van der Waals surface area contributed by atoms with Crippen LogP contribution in [0.3, 0.4) is 0 Å². The minimum atomic E-state index is -1.03. The Morgan fingerprint density at radius 1 is 1.06 bits per heavy atom. The Balaban J connectivity index is 1.73. The summed E-state index contributed by atoms with van der Waals surface area (Å²) in [5, 5.41) is 8.96. The van der Waals surface area contributed by atoms with Crippen molar-refractivity contribution >= 4 is 23.5 Å². The third-order valence-electron chi connectivity index (χ3n) is 6.42. The maximum Gasteiger partial charge on any atom is 0.303 e. The van der Waals surface area contributed by atoms with Gasteiger partial charge in [0, 0.05) is 42.2 Å². The number of para-hydroxylation sites is 1. The number of carbonyl (C=O) groups excluding carboxylic acids is 2. The van der Waals surface area contributed by atoms with Gasteiger partial charge >= 0.3 is 5.97 Å². The van der Waals surface area contributed by atoms with Crippen LogP contribution in [-0.2, 0) is 9.59 Å². The second-order valence-corrected chi connectivity index (χ2v) is 8.22. The van der Waals surface area contributed by atoms with Crippen molar-refractivity contribution in [3.63, 3.8) is 0 Å². The van der Waals surface area contributed by atoms with Gasteiger partial charge in [-0.1, -0.05) is 18.2 Å². The molecule has 2 aromatic carbocycles. The van der Waals surface area contributed by atoms with Crippen molar-refractivity contribution in [1.82, 2.24) is 4.90 Å². The summed E-state index contributed by atoms with van der Waals surface area (Å²) in [6, 6.07) is 9.52. The number of amides is 2. The van der Waals surface area contributed by atoms with Crippen LogP contribution >= 0.6 is 0 Å². The third kappa shape index (κ3) is 3.85. The van der Waals surface area contributed by atoms with Gasteiger partial charge in [0.1, 0.15) is 11.6 Å². The van der Waals surface area contributed by atoms with E-state index in [4.69, 9.17) is 5.11 Å². The van der Waals surface area contributed by atoms with Gasteiger partial charge in [-0.15, -0.1) is 0 Å². The van der Waals surface area contributed by atoms with Crippen molar-refractivity contribution in [3.8, 4) is 0 Å². The van der Waals surface area contributed by atoms with Crippen molar-refractivity contribution in [3.05, 3.63) is 65.2 Å². The Morgan fingerprint density at radius 3 is 2.34 bits per heavy atom. The minimum absolute atomic E-state index is 0.0408. The predicted molar refractivity (Wildman–Crippen MR) is 113 cm³/mol. The first-order valence-electron chi connectivity index (χ1n) is 10.7. The molecular weight excluding hydrogens is 418 g/mol. The van der Waals surface area contributed by atoms with Gasteiger partial charge in [0.15, 0.2) is 0 Å². The molecule has 32 heavy (non-hydrogen) atoms. The molecule has 3 atom stereocenters. The van der Waals surface area contributed by atoms with E-state index >= 15 is 0 Å². The van der Waals surface area contributed by atoms with E-state index < -0.39 is 23.5 Å². The molecular formula is C24H24F2N2O4. The van der Waals surface area contributed by atoms with Crippen LogP contribution in [0.2, 0.25) is 0 Å². The Kier molecular flexibility index (Phi) is 5.95. The van der Waals surface area contributed by atoms with Gasteiger partial charge in [-0.25, -0.2) is 8.78 Å². The Morgan fingerprint density at radius 2 is 1.75 bits per heavy atom. The predicted octanol–water partition coefficient (Wildman–Crippen LogP) is 4.16. The summed E-state index contributed by atoms with van der Waals surface area (Å²) in [6.45, 7) is 2.26. The van der Waals surface area contributed by atoms with Crippen LogP contribution in [0.5, 0.6) is 0 Å². The van der Waals surface area contributed by atoms with E-state index in [0.717, 1.165) is 30.2 Å². The Bertz CT molecular complexity index is 1050. The van der Waals surface area contributed by atoms with E-state index in [2.05, 4.69) is 0 Å². The molecule has 4 rings (SSSR count). The first-order chi connectivity index (χ1) is 15.3. The summed E-state index contributed by atoms with van der Waals surface area (Å²) in [5.74, 6) is -3.43. The quantitative estimate of drug-likeness (QED) is 0.729. The highest BCUT2D eigenvalue weighted by Gasteiger charge is 2.50. The third-order valence-corrected chi connectivity index (χ3v) is 6.42. The van der Waals surface area contributed by atoms with Crippen LogP contribution in [0.4, 0.5) is 14.5 Å². The summed E-state index contributed by atoms with van der Waals surface area (Å²) < 4.78 is 27.5. The number of anilines is 1. The molecule has 2 amide bonds. The number of hydrogen-bond acceptors (Lipinski definition) is 3.